The van der Waals surface area contributed by atoms with Crippen LogP contribution in [0.5, 0.6) is 0 Å². The van der Waals surface area contributed by atoms with Gasteiger partial charge in [0.25, 0.3) is 5.56 Å². The molecule has 5 rings (SSSR count). The number of nitrogens with one attached hydrogen (secondary N) is 1. The zero-order valence-corrected chi connectivity index (χ0v) is 25.1. The van der Waals surface area contributed by atoms with Gasteiger partial charge in [0.15, 0.2) is 5.82 Å². The Labute approximate surface area is 243 Å². The molecule has 2 saturated heterocycles. The van der Waals surface area contributed by atoms with Crippen LogP contribution in [0.2, 0.25) is 0 Å². The highest BCUT2D eigenvalue weighted by Crippen LogP contribution is 2.44. The van der Waals surface area contributed by atoms with E-state index in [0.717, 1.165) is 18.4 Å². The lowest BCUT2D eigenvalue weighted by Gasteiger charge is -2.45. The lowest BCUT2D eigenvalue weighted by molar-refractivity contribution is -0.158. The van der Waals surface area contributed by atoms with E-state index in [0.29, 0.717) is 23.6 Å². The van der Waals surface area contributed by atoms with E-state index in [-0.39, 0.29) is 23.8 Å². The molecule has 3 aliphatic rings. The van der Waals surface area contributed by atoms with Crippen LogP contribution < -0.4 is 10.9 Å². The lowest BCUT2D eigenvalue weighted by atomic mass is 9.89. The number of rotatable bonds is 7. The second-order valence-corrected chi connectivity index (χ2v) is 13.1. The SMILES string of the molecule is COC(=O)[C@@H](CC(=O)OC(C)(C)C)Nc1nc2ccccc2n([C@H]2CC3CC[C@@H](C2)N3C2CCCCCCC2)c1=O. The zero-order valence-electron chi connectivity index (χ0n) is 25.1. The number of fused-ring (bicyclic) bond motifs is 3. The second-order valence-electron chi connectivity index (χ2n) is 13.1. The van der Waals surface area contributed by atoms with Crippen molar-refractivity contribution in [2.45, 2.75) is 134 Å². The molecule has 0 radical (unpaired) electrons. The third-order valence-electron chi connectivity index (χ3n) is 9.01. The summed E-state index contributed by atoms with van der Waals surface area (Å²) in [6.07, 6.45) is 13.2. The number of hydrogen-bond donors (Lipinski definition) is 1. The molecule has 2 aliphatic heterocycles. The summed E-state index contributed by atoms with van der Waals surface area (Å²) in [5.74, 6) is -1.15. The van der Waals surface area contributed by atoms with Gasteiger partial charge in [-0.1, -0.05) is 44.2 Å². The van der Waals surface area contributed by atoms with Gasteiger partial charge in [-0.15, -0.1) is 0 Å². The molecule has 1 aromatic carbocycles. The highest BCUT2D eigenvalue weighted by Gasteiger charge is 2.44. The first-order valence-electron chi connectivity index (χ1n) is 15.5. The number of aromatic nitrogens is 2. The molecule has 2 aromatic rings. The third kappa shape index (κ3) is 6.76. The first-order valence-corrected chi connectivity index (χ1v) is 15.5. The monoisotopic (exact) mass is 566 g/mol. The number of anilines is 1. The molecule has 9 heteroatoms. The molecule has 9 nitrogen and oxygen atoms in total. The number of piperidine rings is 1. The van der Waals surface area contributed by atoms with E-state index in [9.17, 15) is 14.4 Å². The highest BCUT2D eigenvalue weighted by molar-refractivity contribution is 5.85. The van der Waals surface area contributed by atoms with Gasteiger partial charge < -0.3 is 19.4 Å². The van der Waals surface area contributed by atoms with Crippen LogP contribution in [0.15, 0.2) is 29.1 Å². The summed E-state index contributed by atoms with van der Waals surface area (Å²) in [6, 6.07) is 8.23. The van der Waals surface area contributed by atoms with Crippen LogP contribution in [0, 0.1) is 0 Å². The molecule has 1 unspecified atom stereocenters. The number of ether oxygens (including phenoxy) is 2. The maximum atomic E-state index is 14.1. The molecule has 1 N–H and O–H groups in total. The molecular weight excluding hydrogens is 520 g/mol. The maximum Gasteiger partial charge on any atom is 0.328 e. The van der Waals surface area contributed by atoms with Crippen LogP contribution in [0.4, 0.5) is 5.82 Å². The van der Waals surface area contributed by atoms with Crippen molar-refractivity contribution in [1.29, 1.82) is 0 Å². The summed E-state index contributed by atoms with van der Waals surface area (Å²) >= 11 is 0. The van der Waals surface area contributed by atoms with Gasteiger partial charge >= 0.3 is 11.9 Å². The van der Waals surface area contributed by atoms with Crippen LogP contribution >= 0.6 is 0 Å². The molecule has 0 amide bonds. The van der Waals surface area contributed by atoms with Gasteiger partial charge in [0.1, 0.15) is 11.6 Å². The van der Waals surface area contributed by atoms with Gasteiger partial charge in [-0.3, -0.25) is 14.5 Å². The van der Waals surface area contributed by atoms with Gasteiger partial charge in [-0.05, 0) is 71.4 Å². The van der Waals surface area contributed by atoms with Crippen molar-refractivity contribution in [3.8, 4) is 0 Å². The Hall–Kier alpha value is -2.94. The van der Waals surface area contributed by atoms with E-state index >= 15 is 0 Å². The van der Waals surface area contributed by atoms with Gasteiger partial charge in [-0.25, -0.2) is 9.78 Å². The number of nitrogens with zero attached hydrogens (tertiary/aromatic N) is 3. The van der Waals surface area contributed by atoms with Crippen molar-refractivity contribution in [2.75, 3.05) is 12.4 Å². The Morgan fingerprint density at radius 3 is 2.22 bits per heavy atom. The van der Waals surface area contributed by atoms with E-state index in [1.807, 2.05) is 28.8 Å². The van der Waals surface area contributed by atoms with Crippen LogP contribution in [0.3, 0.4) is 0 Å². The molecular formula is C32H46N4O5. The maximum absolute atomic E-state index is 14.1. The van der Waals surface area contributed by atoms with Gasteiger partial charge in [-0.2, -0.15) is 0 Å². The summed E-state index contributed by atoms with van der Waals surface area (Å²) < 4.78 is 12.3. The van der Waals surface area contributed by atoms with E-state index < -0.39 is 23.6 Å². The molecule has 1 saturated carbocycles. The zero-order chi connectivity index (χ0) is 29.1. The number of para-hydroxylation sites is 2. The number of carbonyl (C=O) groups is 2. The fourth-order valence-electron chi connectivity index (χ4n) is 7.39. The van der Waals surface area contributed by atoms with Crippen molar-refractivity contribution in [1.82, 2.24) is 14.5 Å². The van der Waals surface area contributed by atoms with Gasteiger partial charge in [0.2, 0.25) is 0 Å². The minimum absolute atomic E-state index is 0.0423. The molecule has 41 heavy (non-hydrogen) atoms. The number of methoxy groups -OCH3 is 1. The molecule has 1 aliphatic carbocycles. The summed E-state index contributed by atoms with van der Waals surface area (Å²) in [5, 5.41) is 2.97. The number of benzene rings is 1. The number of hydrogen-bond acceptors (Lipinski definition) is 8. The molecule has 3 fully saturated rings. The van der Waals surface area contributed by atoms with E-state index in [1.54, 1.807) is 20.8 Å². The first-order chi connectivity index (χ1) is 19.6. The van der Waals surface area contributed by atoms with E-state index in [1.165, 1.54) is 64.9 Å². The Bertz CT molecular complexity index is 1280. The molecule has 224 valence electrons. The topological polar surface area (TPSA) is 103 Å². The van der Waals surface area contributed by atoms with Crippen molar-refractivity contribution < 1.29 is 19.1 Å². The lowest BCUT2D eigenvalue weighted by Crippen LogP contribution is -2.50. The Balaban J connectivity index is 1.43. The summed E-state index contributed by atoms with van der Waals surface area (Å²) in [6.45, 7) is 5.31. The predicted octanol–water partition coefficient (Wildman–Crippen LogP) is 5.36. The average Bonchev–Trinajstić information content (AvgIpc) is 3.15. The van der Waals surface area contributed by atoms with Gasteiger partial charge in [0, 0.05) is 24.2 Å². The Morgan fingerprint density at radius 2 is 1.59 bits per heavy atom. The molecule has 0 spiro atoms. The van der Waals surface area contributed by atoms with Gasteiger partial charge in [0.05, 0.1) is 24.6 Å². The molecule has 4 atom stereocenters. The Kier molecular flexibility index (Phi) is 9.02. The summed E-state index contributed by atoms with van der Waals surface area (Å²) in [5.41, 5.74) is 0.500. The Morgan fingerprint density at radius 1 is 0.951 bits per heavy atom. The standard InChI is InChI=1S/C32H46N4O5/c1-32(2,3)41-28(37)20-26(31(39)40-4)34-29-30(38)36(27-15-11-10-14-25(27)33-29)24-18-22-16-17-23(19-24)35(22)21-12-8-6-5-7-9-13-21/h10-11,14-15,21-24,26H,5-9,12-13,16-20H2,1-4H3,(H,33,34)/t22-,23?,24+,26+/m0/s1. The number of carbonyl (C=O) groups excluding carboxylic acids is 2. The minimum atomic E-state index is -1.10. The van der Waals surface area contributed by atoms with E-state index in [2.05, 4.69) is 15.2 Å². The fourth-order valence-corrected chi connectivity index (χ4v) is 7.39. The normalized spacial score (nSPS) is 24.8. The molecule has 1 aromatic heterocycles. The summed E-state index contributed by atoms with van der Waals surface area (Å²) in [7, 11) is 1.26. The van der Waals surface area contributed by atoms with Crippen LogP contribution in [0.1, 0.15) is 104 Å². The molecule has 3 heterocycles. The molecule has 2 bridgehead atoms. The van der Waals surface area contributed by atoms with Crippen LogP contribution in [-0.4, -0.2) is 63.3 Å². The van der Waals surface area contributed by atoms with E-state index in [4.69, 9.17) is 9.47 Å². The van der Waals surface area contributed by atoms with Crippen molar-refractivity contribution in [3.05, 3.63) is 34.6 Å². The van der Waals surface area contributed by atoms with Crippen molar-refractivity contribution in [2.24, 2.45) is 0 Å². The van der Waals surface area contributed by atoms with Crippen molar-refractivity contribution >= 4 is 28.8 Å². The fraction of sp³-hybridized carbons (Fsp3) is 0.688. The highest BCUT2D eigenvalue weighted by atomic mass is 16.6. The third-order valence-corrected chi connectivity index (χ3v) is 9.01. The minimum Gasteiger partial charge on any atom is -0.467 e. The quantitative estimate of drug-likeness (QED) is 0.447. The largest absolute Gasteiger partial charge is 0.467 e. The van der Waals surface area contributed by atoms with Crippen LogP contribution in [-0.2, 0) is 19.1 Å². The average molecular weight is 567 g/mol. The smallest absolute Gasteiger partial charge is 0.328 e. The second kappa shape index (κ2) is 12.5. The van der Waals surface area contributed by atoms with Crippen molar-refractivity contribution in [3.63, 3.8) is 0 Å². The summed E-state index contributed by atoms with van der Waals surface area (Å²) in [4.78, 5) is 46.8. The van der Waals surface area contributed by atoms with Crippen LogP contribution in [0.25, 0.3) is 11.0 Å². The predicted molar refractivity (Wildman–Crippen MR) is 159 cm³/mol. The number of esters is 2. The first kappa shape index (κ1) is 29.5.